The van der Waals surface area contributed by atoms with Gasteiger partial charge in [0.05, 0.1) is 6.61 Å². The molecule has 28 heavy (non-hydrogen) atoms. The molecule has 2 heterocycles. The van der Waals surface area contributed by atoms with Crippen molar-refractivity contribution in [3.05, 3.63) is 53.3 Å². The third-order valence-electron chi connectivity index (χ3n) is 4.54. The van der Waals surface area contributed by atoms with E-state index in [1.54, 1.807) is 29.0 Å². The maximum absolute atomic E-state index is 12.7. The number of amides is 2. The third kappa shape index (κ3) is 4.97. The Morgan fingerprint density at radius 1 is 1.07 bits per heavy atom. The third-order valence-corrected chi connectivity index (χ3v) is 4.54. The maximum atomic E-state index is 12.7. The second-order valence-corrected chi connectivity index (χ2v) is 6.58. The number of hydrogen-bond acceptors (Lipinski definition) is 6. The van der Waals surface area contributed by atoms with Crippen LogP contribution in [-0.4, -0.2) is 64.6 Å². The van der Waals surface area contributed by atoms with E-state index >= 15 is 0 Å². The lowest BCUT2D eigenvalue weighted by Crippen LogP contribution is -2.50. The van der Waals surface area contributed by atoms with Gasteiger partial charge in [-0.25, -0.2) is 14.8 Å². The van der Waals surface area contributed by atoms with E-state index in [4.69, 9.17) is 4.74 Å². The van der Waals surface area contributed by atoms with Crippen molar-refractivity contribution in [2.75, 3.05) is 38.1 Å². The zero-order valence-electron chi connectivity index (χ0n) is 16.2. The Kier molecular flexibility index (Phi) is 6.41. The Morgan fingerprint density at radius 2 is 1.75 bits per heavy atom. The first-order chi connectivity index (χ1) is 13.6. The minimum absolute atomic E-state index is 0.163. The summed E-state index contributed by atoms with van der Waals surface area (Å²) in [6.07, 6.45) is 1.24. The molecule has 1 N–H and O–H groups in total. The summed E-state index contributed by atoms with van der Waals surface area (Å²) < 4.78 is 5.00. The topological polar surface area (TPSA) is 87.7 Å². The van der Waals surface area contributed by atoms with E-state index in [0.717, 1.165) is 5.56 Å². The van der Waals surface area contributed by atoms with Crippen LogP contribution in [-0.2, 0) is 11.3 Å². The number of carbonyl (C=O) groups excluding carboxylic acids is 2. The summed E-state index contributed by atoms with van der Waals surface area (Å²) in [6, 6.07) is 9.79. The number of nitrogens with zero attached hydrogens (tertiary/aromatic N) is 4. The van der Waals surface area contributed by atoms with E-state index < -0.39 is 0 Å². The number of ether oxygens (including phenoxy) is 1. The van der Waals surface area contributed by atoms with Crippen molar-refractivity contribution in [1.82, 2.24) is 19.8 Å². The number of hydrogen-bond donors (Lipinski definition) is 1. The maximum Gasteiger partial charge on any atom is 0.409 e. The first-order valence-corrected chi connectivity index (χ1v) is 9.40. The Labute approximate surface area is 164 Å². The van der Waals surface area contributed by atoms with Crippen LogP contribution in [0.2, 0.25) is 0 Å². The molecule has 8 nitrogen and oxygen atoms in total. The van der Waals surface area contributed by atoms with Gasteiger partial charge in [0.1, 0.15) is 5.69 Å². The fraction of sp³-hybridized carbons (Fsp3) is 0.400. The Balaban J connectivity index is 1.56. The van der Waals surface area contributed by atoms with Crippen molar-refractivity contribution >= 4 is 17.9 Å². The fourth-order valence-electron chi connectivity index (χ4n) is 2.92. The molecular weight excluding hydrogens is 358 g/mol. The van der Waals surface area contributed by atoms with Crippen molar-refractivity contribution in [1.29, 1.82) is 0 Å². The second kappa shape index (κ2) is 9.16. The van der Waals surface area contributed by atoms with Gasteiger partial charge >= 0.3 is 6.09 Å². The van der Waals surface area contributed by atoms with Crippen LogP contribution in [0.15, 0.2) is 36.5 Å². The lowest BCUT2D eigenvalue weighted by Gasteiger charge is -2.33. The number of piperazine rings is 1. The van der Waals surface area contributed by atoms with Gasteiger partial charge in [-0.2, -0.15) is 0 Å². The molecule has 0 radical (unpaired) electrons. The van der Waals surface area contributed by atoms with E-state index in [0.29, 0.717) is 51.0 Å². The van der Waals surface area contributed by atoms with Crippen LogP contribution in [0, 0.1) is 6.92 Å². The molecule has 3 rings (SSSR count). The summed E-state index contributed by atoms with van der Waals surface area (Å²) in [5.41, 5.74) is 2.66. The van der Waals surface area contributed by atoms with Crippen LogP contribution >= 0.6 is 0 Å². The number of nitrogens with one attached hydrogen (secondary N) is 1. The zero-order valence-corrected chi connectivity index (χ0v) is 16.2. The van der Waals surface area contributed by atoms with Crippen LogP contribution in [0.1, 0.15) is 28.5 Å². The quantitative estimate of drug-likeness (QED) is 0.853. The molecule has 2 amide bonds. The van der Waals surface area contributed by atoms with Crippen molar-refractivity contribution in [3.63, 3.8) is 0 Å². The van der Waals surface area contributed by atoms with Crippen molar-refractivity contribution in [2.45, 2.75) is 20.4 Å². The molecule has 1 aromatic carbocycles. The number of aryl methyl sites for hydroxylation is 1. The van der Waals surface area contributed by atoms with Crippen molar-refractivity contribution in [3.8, 4) is 0 Å². The first-order valence-electron chi connectivity index (χ1n) is 9.40. The molecule has 0 bridgehead atoms. The van der Waals surface area contributed by atoms with Crippen LogP contribution in [0.3, 0.4) is 0 Å². The van der Waals surface area contributed by atoms with Gasteiger partial charge in [-0.3, -0.25) is 4.79 Å². The summed E-state index contributed by atoms with van der Waals surface area (Å²) in [5.74, 6) is 0.251. The predicted molar refractivity (Wildman–Crippen MR) is 105 cm³/mol. The van der Waals surface area contributed by atoms with Gasteiger partial charge in [-0.05, 0) is 25.5 Å². The fourth-order valence-corrected chi connectivity index (χ4v) is 2.92. The van der Waals surface area contributed by atoms with E-state index in [1.165, 1.54) is 5.56 Å². The van der Waals surface area contributed by atoms with Crippen LogP contribution in [0.25, 0.3) is 0 Å². The lowest BCUT2D eigenvalue weighted by atomic mass is 10.1. The van der Waals surface area contributed by atoms with Gasteiger partial charge < -0.3 is 19.9 Å². The first kappa shape index (κ1) is 19.6. The number of anilines is 1. The predicted octanol–water partition coefficient (Wildman–Crippen LogP) is 2.31. The van der Waals surface area contributed by atoms with Crippen LogP contribution < -0.4 is 5.32 Å². The largest absolute Gasteiger partial charge is 0.450 e. The highest BCUT2D eigenvalue weighted by Gasteiger charge is 2.26. The number of rotatable bonds is 5. The molecule has 0 saturated carbocycles. The van der Waals surface area contributed by atoms with Crippen LogP contribution in [0.4, 0.5) is 10.7 Å². The van der Waals surface area contributed by atoms with E-state index in [2.05, 4.69) is 15.3 Å². The molecule has 1 aliphatic heterocycles. The number of benzene rings is 1. The molecule has 1 saturated heterocycles. The molecular formula is C20H25N5O3. The van der Waals surface area contributed by atoms with Crippen LogP contribution in [0.5, 0.6) is 0 Å². The molecule has 148 valence electrons. The molecule has 0 unspecified atom stereocenters. The van der Waals surface area contributed by atoms with Gasteiger partial charge in [0.15, 0.2) is 0 Å². The van der Waals surface area contributed by atoms with Gasteiger partial charge in [0.2, 0.25) is 5.95 Å². The summed E-state index contributed by atoms with van der Waals surface area (Å²) in [6.45, 7) is 6.55. The van der Waals surface area contributed by atoms with Gasteiger partial charge in [-0.15, -0.1) is 0 Å². The Hall–Kier alpha value is -3.16. The second-order valence-electron chi connectivity index (χ2n) is 6.58. The molecule has 1 aromatic heterocycles. The molecule has 0 atom stereocenters. The van der Waals surface area contributed by atoms with Gasteiger partial charge in [-0.1, -0.05) is 29.8 Å². The molecule has 8 heteroatoms. The summed E-state index contributed by atoms with van der Waals surface area (Å²) >= 11 is 0. The Bertz CT molecular complexity index is 817. The smallest absolute Gasteiger partial charge is 0.409 e. The highest BCUT2D eigenvalue weighted by molar-refractivity contribution is 5.92. The van der Waals surface area contributed by atoms with Crippen molar-refractivity contribution in [2.24, 2.45) is 0 Å². The average molecular weight is 383 g/mol. The average Bonchev–Trinajstić information content (AvgIpc) is 2.73. The van der Waals surface area contributed by atoms with E-state index in [9.17, 15) is 9.59 Å². The summed E-state index contributed by atoms with van der Waals surface area (Å²) in [5, 5.41) is 3.15. The number of carbonyl (C=O) groups is 2. The van der Waals surface area contributed by atoms with Crippen molar-refractivity contribution < 1.29 is 14.3 Å². The highest BCUT2D eigenvalue weighted by Crippen LogP contribution is 2.11. The molecule has 1 fully saturated rings. The standard InChI is InChI=1S/C20H25N5O3/c1-3-28-20(27)25-12-10-24(11-13-25)18(26)17-8-9-21-19(23-17)22-14-16-6-4-15(2)5-7-16/h4-9H,3,10-14H2,1-2H3,(H,21,22,23). The molecule has 0 spiro atoms. The SMILES string of the molecule is CCOC(=O)N1CCN(C(=O)c2ccnc(NCc3ccc(C)cc3)n2)CC1. The minimum atomic E-state index is -0.334. The summed E-state index contributed by atoms with van der Waals surface area (Å²) in [7, 11) is 0. The lowest BCUT2D eigenvalue weighted by molar-refractivity contribution is 0.0566. The zero-order chi connectivity index (χ0) is 19.9. The Morgan fingerprint density at radius 3 is 2.43 bits per heavy atom. The summed E-state index contributed by atoms with van der Waals surface area (Å²) in [4.78, 5) is 36.4. The van der Waals surface area contributed by atoms with Gasteiger partial charge in [0.25, 0.3) is 5.91 Å². The molecule has 1 aliphatic rings. The monoisotopic (exact) mass is 383 g/mol. The molecule has 2 aromatic rings. The van der Waals surface area contributed by atoms with E-state index in [-0.39, 0.29) is 12.0 Å². The molecule has 0 aliphatic carbocycles. The van der Waals surface area contributed by atoms with E-state index in [1.807, 2.05) is 31.2 Å². The van der Waals surface area contributed by atoms with Gasteiger partial charge in [0, 0.05) is 38.9 Å². The highest BCUT2D eigenvalue weighted by atomic mass is 16.6. The minimum Gasteiger partial charge on any atom is -0.450 e. The number of aromatic nitrogens is 2. The normalized spacial score (nSPS) is 13.9.